The average molecular weight is 719 g/mol. The van der Waals surface area contributed by atoms with Crippen molar-refractivity contribution in [2.75, 3.05) is 6.61 Å². The Morgan fingerprint density at radius 2 is 1.72 bits per heavy atom. The van der Waals surface area contributed by atoms with Crippen molar-refractivity contribution in [3.05, 3.63) is 94.3 Å². The highest BCUT2D eigenvalue weighted by molar-refractivity contribution is 14.1. The maximum absolute atomic E-state index is 13.0. The quantitative estimate of drug-likeness (QED) is 0.173. The summed E-state index contributed by atoms with van der Waals surface area (Å²) in [6.45, 7) is 2.78. The van der Waals surface area contributed by atoms with Gasteiger partial charge in [-0.15, -0.1) is 0 Å². The Morgan fingerprint density at radius 3 is 2.42 bits per heavy atom. The van der Waals surface area contributed by atoms with Gasteiger partial charge in [-0.2, -0.15) is 0 Å². The van der Waals surface area contributed by atoms with Crippen LogP contribution < -0.4 is 9.47 Å². The van der Waals surface area contributed by atoms with E-state index in [4.69, 9.17) is 32.7 Å². The van der Waals surface area contributed by atoms with Gasteiger partial charge >= 0.3 is 0 Å². The third-order valence-corrected chi connectivity index (χ3v) is 8.08. The van der Waals surface area contributed by atoms with Crippen molar-refractivity contribution in [2.45, 2.75) is 20.1 Å². The lowest BCUT2D eigenvalue weighted by molar-refractivity contribution is -0.123. The van der Waals surface area contributed by atoms with Crippen LogP contribution in [0.15, 0.2) is 64.0 Å². The minimum absolute atomic E-state index is 0.230. The molecule has 1 aliphatic rings. The first-order valence-corrected chi connectivity index (χ1v) is 14.2. The molecule has 1 aliphatic heterocycles. The molecule has 0 spiro atoms. The summed E-state index contributed by atoms with van der Waals surface area (Å²) in [5.41, 5.74) is 2.44. The van der Waals surface area contributed by atoms with Crippen molar-refractivity contribution < 1.29 is 19.1 Å². The van der Waals surface area contributed by atoms with Crippen molar-refractivity contribution in [1.29, 1.82) is 0 Å². The summed E-state index contributed by atoms with van der Waals surface area (Å²) in [6, 6.07) is 16.6. The number of thioether (sulfide) groups is 1. The number of benzene rings is 3. The van der Waals surface area contributed by atoms with Crippen molar-refractivity contribution in [3.63, 3.8) is 0 Å². The maximum Gasteiger partial charge on any atom is 0.293 e. The highest BCUT2D eigenvalue weighted by Gasteiger charge is 2.35. The Labute approximate surface area is 245 Å². The second kappa shape index (κ2) is 12.2. The number of hydrogen-bond acceptors (Lipinski definition) is 5. The van der Waals surface area contributed by atoms with E-state index in [-0.39, 0.29) is 24.3 Å². The molecule has 4 rings (SSSR count). The highest BCUT2D eigenvalue weighted by atomic mass is 127. The highest BCUT2D eigenvalue weighted by Crippen LogP contribution is 2.40. The predicted molar refractivity (Wildman–Crippen MR) is 157 cm³/mol. The van der Waals surface area contributed by atoms with Gasteiger partial charge in [0.1, 0.15) is 6.61 Å². The van der Waals surface area contributed by atoms with E-state index >= 15 is 0 Å². The molecule has 36 heavy (non-hydrogen) atoms. The van der Waals surface area contributed by atoms with Crippen LogP contribution in [-0.4, -0.2) is 22.7 Å². The summed E-state index contributed by atoms with van der Waals surface area (Å²) < 4.78 is 13.6. The van der Waals surface area contributed by atoms with Crippen LogP contribution in [0.5, 0.6) is 11.5 Å². The normalized spacial score (nSPS) is 14.6. The van der Waals surface area contributed by atoms with Gasteiger partial charge in [-0.05, 0) is 116 Å². The summed E-state index contributed by atoms with van der Waals surface area (Å²) in [7, 11) is 0. The minimum Gasteiger partial charge on any atom is -0.490 e. The van der Waals surface area contributed by atoms with Gasteiger partial charge in [-0.25, -0.2) is 0 Å². The van der Waals surface area contributed by atoms with Crippen LogP contribution in [0.4, 0.5) is 4.79 Å². The second-order valence-electron chi connectivity index (χ2n) is 7.69. The summed E-state index contributed by atoms with van der Waals surface area (Å²) in [6.07, 6.45) is 1.69. The van der Waals surface area contributed by atoms with Gasteiger partial charge in [0.15, 0.2) is 11.5 Å². The van der Waals surface area contributed by atoms with E-state index in [0.717, 1.165) is 26.5 Å². The van der Waals surface area contributed by atoms with Crippen molar-refractivity contribution in [2.24, 2.45) is 0 Å². The number of ether oxygens (including phenoxy) is 2. The fourth-order valence-electron chi connectivity index (χ4n) is 3.42. The third-order valence-electron chi connectivity index (χ3n) is 5.12. The van der Waals surface area contributed by atoms with Crippen LogP contribution in [-0.2, 0) is 17.9 Å². The zero-order chi connectivity index (χ0) is 25.8. The molecule has 1 heterocycles. The van der Waals surface area contributed by atoms with Gasteiger partial charge in [0.2, 0.25) is 0 Å². The lowest BCUT2D eigenvalue weighted by atomic mass is 10.1. The number of amides is 2. The first kappa shape index (κ1) is 27.3. The third kappa shape index (κ3) is 6.58. The number of carbonyl (C=O) groups is 2. The first-order valence-electron chi connectivity index (χ1n) is 10.8. The molecular weight excluding hydrogens is 700 g/mol. The Hall–Kier alpha value is -1.72. The van der Waals surface area contributed by atoms with E-state index in [0.29, 0.717) is 43.1 Å². The lowest BCUT2D eigenvalue weighted by Crippen LogP contribution is -2.27. The summed E-state index contributed by atoms with van der Waals surface area (Å²) >= 11 is 18.8. The van der Waals surface area contributed by atoms with E-state index in [9.17, 15) is 9.59 Å². The molecule has 3 aromatic rings. The smallest absolute Gasteiger partial charge is 0.293 e. The SMILES string of the molecule is CCOc1cc(/C=C2\SC(=O)N(Cc3ccc(I)cc3)C2=O)cc(Br)c1OCc1ccc(Cl)c(Cl)c1. The second-order valence-corrected chi connectivity index (χ2v) is 11.6. The fourth-order valence-corrected chi connectivity index (χ4v) is 5.51. The number of rotatable bonds is 8. The molecule has 0 aromatic heterocycles. The monoisotopic (exact) mass is 717 g/mol. The van der Waals surface area contributed by atoms with Crippen LogP contribution >= 0.6 is 73.5 Å². The average Bonchev–Trinajstić information content (AvgIpc) is 3.09. The Balaban J connectivity index is 1.54. The van der Waals surface area contributed by atoms with Gasteiger partial charge in [-0.1, -0.05) is 41.4 Å². The molecule has 0 unspecified atom stereocenters. The molecular formula is C26H19BrCl2INO4S. The van der Waals surface area contributed by atoms with Gasteiger partial charge < -0.3 is 9.47 Å². The van der Waals surface area contributed by atoms with Gasteiger partial charge in [0.05, 0.1) is 32.6 Å². The van der Waals surface area contributed by atoms with Crippen LogP contribution in [0.2, 0.25) is 10.0 Å². The molecule has 0 bridgehead atoms. The molecule has 0 aliphatic carbocycles. The number of imide groups is 1. The molecule has 1 fully saturated rings. The Morgan fingerprint density at radius 1 is 1.00 bits per heavy atom. The number of carbonyl (C=O) groups excluding carboxylic acids is 2. The molecule has 10 heteroatoms. The number of hydrogen-bond donors (Lipinski definition) is 0. The van der Waals surface area contributed by atoms with Crippen LogP contribution in [0.25, 0.3) is 6.08 Å². The minimum atomic E-state index is -0.322. The Kier molecular flexibility index (Phi) is 9.27. The molecule has 0 saturated carbocycles. The molecule has 0 atom stereocenters. The molecule has 2 amide bonds. The number of nitrogens with zero attached hydrogens (tertiary/aromatic N) is 1. The zero-order valence-electron chi connectivity index (χ0n) is 18.9. The Bertz CT molecular complexity index is 1350. The number of halogens is 4. The summed E-state index contributed by atoms with van der Waals surface area (Å²) in [5.74, 6) is 0.709. The van der Waals surface area contributed by atoms with E-state index in [1.807, 2.05) is 43.3 Å². The standard InChI is InChI=1S/C26H19BrCl2INO4S/c1-2-34-22-11-17(9-19(27)24(22)35-14-16-5-8-20(28)21(29)10-16)12-23-25(32)31(26(33)36-23)13-15-3-6-18(30)7-4-15/h3-12H,2,13-14H2,1H3/b23-12-. The van der Waals surface area contributed by atoms with Crippen molar-refractivity contribution >= 4 is 90.7 Å². The maximum atomic E-state index is 13.0. The van der Waals surface area contributed by atoms with E-state index in [1.54, 1.807) is 24.3 Å². The lowest BCUT2D eigenvalue weighted by Gasteiger charge is -2.15. The molecule has 0 N–H and O–H groups in total. The molecule has 186 valence electrons. The fraction of sp³-hybridized carbons (Fsp3) is 0.154. The predicted octanol–water partition coefficient (Wildman–Crippen LogP) is 8.57. The summed E-state index contributed by atoms with van der Waals surface area (Å²) in [4.78, 5) is 27.2. The van der Waals surface area contributed by atoms with Crippen LogP contribution in [0.1, 0.15) is 23.6 Å². The van der Waals surface area contributed by atoms with Gasteiger partial charge in [-0.3, -0.25) is 14.5 Å². The zero-order valence-corrected chi connectivity index (χ0v) is 25.0. The first-order chi connectivity index (χ1) is 17.2. The van der Waals surface area contributed by atoms with Gasteiger partial charge in [0, 0.05) is 3.57 Å². The topological polar surface area (TPSA) is 55.8 Å². The molecule has 1 saturated heterocycles. The van der Waals surface area contributed by atoms with E-state index in [2.05, 4.69) is 38.5 Å². The van der Waals surface area contributed by atoms with Crippen molar-refractivity contribution in [1.82, 2.24) is 4.90 Å². The van der Waals surface area contributed by atoms with Crippen molar-refractivity contribution in [3.8, 4) is 11.5 Å². The summed E-state index contributed by atoms with van der Waals surface area (Å²) in [5, 5.41) is 0.632. The molecule has 5 nitrogen and oxygen atoms in total. The van der Waals surface area contributed by atoms with Gasteiger partial charge in [0.25, 0.3) is 11.1 Å². The van der Waals surface area contributed by atoms with Crippen LogP contribution in [0.3, 0.4) is 0 Å². The van der Waals surface area contributed by atoms with Crippen LogP contribution in [0, 0.1) is 3.57 Å². The van der Waals surface area contributed by atoms with E-state index in [1.165, 1.54) is 4.90 Å². The van der Waals surface area contributed by atoms with E-state index < -0.39 is 0 Å². The largest absolute Gasteiger partial charge is 0.490 e. The molecule has 0 radical (unpaired) electrons. The molecule has 3 aromatic carbocycles.